The van der Waals surface area contributed by atoms with Crippen molar-refractivity contribution in [3.63, 3.8) is 0 Å². The summed E-state index contributed by atoms with van der Waals surface area (Å²) in [6.07, 6.45) is -0.242. The van der Waals surface area contributed by atoms with Crippen LogP contribution in [0.1, 0.15) is 40.2 Å². The Hall–Kier alpha value is -1.64. The van der Waals surface area contributed by atoms with Crippen LogP contribution in [-0.4, -0.2) is 17.9 Å². The van der Waals surface area contributed by atoms with E-state index in [-0.39, 0.29) is 17.8 Å². The maximum Gasteiger partial charge on any atom is 0.324 e. The Labute approximate surface area is 115 Å². The molecule has 1 aromatic rings. The minimum Gasteiger partial charge on any atom is -0.462 e. The number of esters is 1. The molecule has 0 amide bonds. The van der Waals surface area contributed by atoms with Gasteiger partial charge in [-0.2, -0.15) is 0 Å². The monoisotopic (exact) mass is 262 g/mol. The Kier molecular flexibility index (Phi) is 4.87. The lowest BCUT2D eigenvalue weighted by molar-refractivity contribution is -0.159. The van der Waals surface area contributed by atoms with E-state index in [2.05, 4.69) is 0 Å². The van der Waals surface area contributed by atoms with Crippen LogP contribution in [0.4, 0.5) is 0 Å². The summed E-state index contributed by atoms with van der Waals surface area (Å²) < 4.78 is 5.33. The predicted molar refractivity (Wildman–Crippen MR) is 74.9 cm³/mol. The molecular formula is C16H22O3. The Bertz CT molecular complexity index is 448. The molecule has 0 aliphatic heterocycles. The molecule has 0 saturated carbocycles. The maximum atomic E-state index is 12.5. The lowest BCUT2D eigenvalue weighted by atomic mass is 9.69. The van der Waals surface area contributed by atoms with Crippen LogP contribution in [0.5, 0.6) is 0 Å². The van der Waals surface area contributed by atoms with Gasteiger partial charge in [0, 0.05) is 0 Å². The van der Waals surface area contributed by atoms with Crippen molar-refractivity contribution in [1.82, 2.24) is 0 Å². The molecule has 1 atom stereocenters. The van der Waals surface area contributed by atoms with E-state index in [4.69, 9.17) is 4.74 Å². The summed E-state index contributed by atoms with van der Waals surface area (Å²) in [5, 5.41) is 0. The molecule has 3 nitrogen and oxygen atoms in total. The SMILES string of the molecule is CC(=O)[C@](C(=O)OC(C)C)(c1ccccc1)C(C)C. The summed E-state index contributed by atoms with van der Waals surface area (Å²) >= 11 is 0. The highest BCUT2D eigenvalue weighted by molar-refractivity contribution is 6.09. The molecule has 0 aliphatic carbocycles. The van der Waals surface area contributed by atoms with Crippen LogP contribution in [-0.2, 0) is 19.7 Å². The molecule has 0 saturated heterocycles. The molecule has 3 heteroatoms. The van der Waals surface area contributed by atoms with Crippen LogP contribution in [0.3, 0.4) is 0 Å². The van der Waals surface area contributed by atoms with Crippen molar-refractivity contribution in [1.29, 1.82) is 0 Å². The number of ether oxygens (including phenoxy) is 1. The number of Topliss-reactive ketones (excluding diaryl/α,β-unsaturated/α-hetero) is 1. The zero-order chi connectivity index (χ0) is 14.6. The van der Waals surface area contributed by atoms with Crippen molar-refractivity contribution in [2.24, 2.45) is 5.92 Å². The van der Waals surface area contributed by atoms with E-state index in [1.165, 1.54) is 6.92 Å². The van der Waals surface area contributed by atoms with Gasteiger partial charge < -0.3 is 4.74 Å². The lowest BCUT2D eigenvalue weighted by Crippen LogP contribution is -2.48. The first kappa shape index (κ1) is 15.4. The predicted octanol–water partition coefficient (Wildman–Crippen LogP) is 3.12. The summed E-state index contributed by atoms with van der Waals surface area (Å²) in [5.74, 6) is -0.811. The molecule has 1 rings (SSSR count). The first-order valence-electron chi connectivity index (χ1n) is 6.61. The first-order valence-corrected chi connectivity index (χ1v) is 6.61. The van der Waals surface area contributed by atoms with Gasteiger partial charge in [-0.3, -0.25) is 9.59 Å². The standard InChI is InChI=1S/C16H22O3/c1-11(2)16(13(5)17,15(18)19-12(3)4)14-9-7-6-8-10-14/h6-12H,1-5H3/t16-/m0/s1. The van der Waals surface area contributed by atoms with Gasteiger partial charge in [-0.1, -0.05) is 44.2 Å². The highest BCUT2D eigenvalue weighted by atomic mass is 16.5. The van der Waals surface area contributed by atoms with E-state index < -0.39 is 11.4 Å². The third kappa shape index (κ3) is 2.86. The van der Waals surface area contributed by atoms with E-state index in [1.807, 2.05) is 44.2 Å². The van der Waals surface area contributed by atoms with Gasteiger partial charge in [-0.05, 0) is 32.3 Å². The lowest BCUT2D eigenvalue weighted by Gasteiger charge is -2.34. The molecule has 0 aliphatic rings. The molecule has 0 bridgehead atoms. The maximum absolute atomic E-state index is 12.5. The molecule has 0 spiro atoms. The molecule has 0 aromatic heterocycles. The normalized spacial score (nSPS) is 14.3. The Morgan fingerprint density at radius 1 is 1.05 bits per heavy atom. The molecule has 0 heterocycles. The van der Waals surface area contributed by atoms with Crippen LogP contribution in [0.2, 0.25) is 0 Å². The van der Waals surface area contributed by atoms with Crippen molar-refractivity contribution in [2.45, 2.75) is 46.1 Å². The van der Waals surface area contributed by atoms with Gasteiger partial charge in [0.05, 0.1) is 6.10 Å². The van der Waals surface area contributed by atoms with Gasteiger partial charge in [0.2, 0.25) is 0 Å². The summed E-state index contributed by atoms with van der Waals surface area (Å²) in [5.41, 5.74) is -0.519. The van der Waals surface area contributed by atoms with Crippen molar-refractivity contribution in [2.75, 3.05) is 0 Å². The zero-order valence-electron chi connectivity index (χ0n) is 12.3. The van der Waals surface area contributed by atoms with Crippen LogP contribution in [0.25, 0.3) is 0 Å². The summed E-state index contributed by atoms with van der Waals surface area (Å²) in [6, 6.07) is 9.14. The van der Waals surface area contributed by atoms with Gasteiger partial charge in [0.25, 0.3) is 0 Å². The van der Waals surface area contributed by atoms with Gasteiger partial charge >= 0.3 is 5.97 Å². The van der Waals surface area contributed by atoms with Crippen molar-refractivity contribution < 1.29 is 14.3 Å². The van der Waals surface area contributed by atoms with Crippen LogP contribution < -0.4 is 0 Å². The fourth-order valence-corrected chi connectivity index (χ4v) is 2.45. The highest BCUT2D eigenvalue weighted by Gasteiger charge is 2.49. The third-order valence-corrected chi connectivity index (χ3v) is 3.32. The number of benzene rings is 1. The average Bonchev–Trinajstić information content (AvgIpc) is 2.29. The number of ketones is 1. The minimum absolute atomic E-state index is 0.168. The van der Waals surface area contributed by atoms with Gasteiger partial charge in [-0.15, -0.1) is 0 Å². The Morgan fingerprint density at radius 2 is 1.58 bits per heavy atom. The summed E-state index contributed by atoms with van der Waals surface area (Å²) in [6.45, 7) is 8.77. The van der Waals surface area contributed by atoms with Crippen LogP contribution in [0.15, 0.2) is 30.3 Å². The number of carbonyl (C=O) groups excluding carboxylic acids is 2. The van der Waals surface area contributed by atoms with Gasteiger partial charge in [0.15, 0.2) is 11.2 Å². The zero-order valence-corrected chi connectivity index (χ0v) is 12.3. The largest absolute Gasteiger partial charge is 0.462 e. The van der Waals surface area contributed by atoms with E-state index in [0.29, 0.717) is 5.56 Å². The molecular weight excluding hydrogens is 240 g/mol. The van der Waals surface area contributed by atoms with E-state index in [9.17, 15) is 9.59 Å². The topological polar surface area (TPSA) is 43.4 Å². The second-order valence-electron chi connectivity index (χ2n) is 5.34. The van der Waals surface area contributed by atoms with E-state index in [1.54, 1.807) is 13.8 Å². The first-order chi connectivity index (χ1) is 8.83. The minimum atomic E-state index is -1.22. The van der Waals surface area contributed by atoms with Gasteiger partial charge in [-0.25, -0.2) is 0 Å². The van der Waals surface area contributed by atoms with E-state index in [0.717, 1.165) is 0 Å². The second-order valence-corrected chi connectivity index (χ2v) is 5.34. The number of hydrogen-bond donors (Lipinski definition) is 0. The van der Waals surface area contributed by atoms with Crippen molar-refractivity contribution >= 4 is 11.8 Å². The van der Waals surface area contributed by atoms with Crippen molar-refractivity contribution in [3.8, 4) is 0 Å². The van der Waals surface area contributed by atoms with Crippen LogP contribution in [0, 0.1) is 5.92 Å². The molecule has 104 valence electrons. The molecule has 1 aromatic carbocycles. The molecule has 19 heavy (non-hydrogen) atoms. The fraction of sp³-hybridized carbons (Fsp3) is 0.500. The molecule has 0 unspecified atom stereocenters. The highest BCUT2D eigenvalue weighted by Crippen LogP contribution is 2.35. The Balaban J connectivity index is 3.40. The molecule has 0 N–H and O–H groups in total. The fourth-order valence-electron chi connectivity index (χ4n) is 2.45. The van der Waals surface area contributed by atoms with Gasteiger partial charge in [0.1, 0.15) is 0 Å². The summed E-state index contributed by atoms with van der Waals surface area (Å²) in [4.78, 5) is 24.7. The number of hydrogen-bond acceptors (Lipinski definition) is 3. The quantitative estimate of drug-likeness (QED) is 0.605. The number of rotatable bonds is 5. The second kappa shape index (κ2) is 6.00. The summed E-state index contributed by atoms with van der Waals surface area (Å²) in [7, 11) is 0. The Morgan fingerprint density at radius 3 is 1.95 bits per heavy atom. The van der Waals surface area contributed by atoms with Crippen molar-refractivity contribution in [3.05, 3.63) is 35.9 Å². The average molecular weight is 262 g/mol. The smallest absolute Gasteiger partial charge is 0.324 e. The molecule has 0 fully saturated rings. The number of carbonyl (C=O) groups is 2. The molecule has 0 radical (unpaired) electrons. The van der Waals surface area contributed by atoms with Crippen LogP contribution >= 0.6 is 0 Å². The van der Waals surface area contributed by atoms with E-state index >= 15 is 0 Å². The third-order valence-electron chi connectivity index (χ3n) is 3.32.